The molecule has 0 aliphatic carbocycles. The average Bonchev–Trinajstić information content (AvgIpc) is 2.46. The summed E-state index contributed by atoms with van der Waals surface area (Å²) < 4.78 is 0. The molecule has 1 aromatic carbocycles. The van der Waals surface area contributed by atoms with Crippen LogP contribution in [0.25, 0.3) is 0 Å². The van der Waals surface area contributed by atoms with Crippen molar-refractivity contribution in [1.29, 1.82) is 0 Å². The average molecular weight is 292 g/mol. The summed E-state index contributed by atoms with van der Waals surface area (Å²) >= 11 is 0. The number of likely N-dealkylation sites (N-methyl/N-ethyl adjacent to an activating group) is 1. The predicted octanol–water partition coefficient (Wildman–Crippen LogP) is 1.13. The van der Waals surface area contributed by atoms with Crippen LogP contribution in [0.2, 0.25) is 0 Å². The van der Waals surface area contributed by atoms with Crippen molar-refractivity contribution in [3.05, 3.63) is 35.9 Å². The molecular weight excluding hydrogens is 272 g/mol. The number of carboxylic acids is 1. The van der Waals surface area contributed by atoms with Gasteiger partial charge in [0.1, 0.15) is 5.54 Å². The van der Waals surface area contributed by atoms with E-state index in [1.54, 1.807) is 24.3 Å². The maximum absolute atomic E-state index is 11.9. The molecule has 1 aromatic rings. The van der Waals surface area contributed by atoms with Gasteiger partial charge in [0, 0.05) is 25.6 Å². The van der Waals surface area contributed by atoms with Crippen molar-refractivity contribution >= 4 is 17.8 Å². The van der Waals surface area contributed by atoms with Gasteiger partial charge in [0.15, 0.2) is 0 Å². The minimum absolute atomic E-state index is 0.0474. The summed E-state index contributed by atoms with van der Waals surface area (Å²) in [5.41, 5.74) is -0.760. The topological polar surface area (TPSA) is 86.7 Å². The van der Waals surface area contributed by atoms with Crippen molar-refractivity contribution in [2.24, 2.45) is 0 Å². The first kappa shape index (κ1) is 16.7. The third kappa shape index (κ3) is 4.30. The summed E-state index contributed by atoms with van der Waals surface area (Å²) in [6.07, 6.45) is 0.0474. The zero-order chi connectivity index (χ0) is 16.0. The maximum atomic E-state index is 11.9. The highest BCUT2D eigenvalue weighted by atomic mass is 16.4. The van der Waals surface area contributed by atoms with Gasteiger partial charge in [-0.05, 0) is 26.0 Å². The van der Waals surface area contributed by atoms with Crippen molar-refractivity contribution < 1.29 is 19.5 Å². The van der Waals surface area contributed by atoms with Crippen LogP contribution in [0, 0.1) is 0 Å². The van der Waals surface area contributed by atoms with Crippen LogP contribution >= 0.6 is 0 Å². The molecule has 0 atom stereocenters. The number of hydrogen-bond acceptors (Lipinski definition) is 3. The first-order valence-electron chi connectivity index (χ1n) is 6.60. The molecule has 0 fully saturated rings. The number of nitrogens with zero attached hydrogens (tertiary/aromatic N) is 1. The number of nitrogens with one attached hydrogen (secondary N) is 1. The van der Waals surface area contributed by atoms with Gasteiger partial charge in [-0.25, -0.2) is 4.79 Å². The second-order valence-electron chi connectivity index (χ2n) is 5.19. The molecule has 0 saturated carbocycles. The van der Waals surface area contributed by atoms with Crippen molar-refractivity contribution in [2.45, 2.75) is 25.8 Å². The summed E-state index contributed by atoms with van der Waals surface area (Å²) in [7, 11) is 1.44. The third-order valence-electron chi connectivity index (χ3n) is 3.40. The number of carboxylic acid groups (broad SMARTS) is 1. The second-order valence-corrected chi connectivity index (χ2v) is 5.19. The van der Waals surface area contributed by atoms with Crippen LogP contribution in [0.4, 0.5) is 0 Å². The number of amides is 2. The van der Waals surface area contributed by atoms with Gasteiger partial charge in [-0.15, -0.1) is 0 Å². The molecule has 0 heterocycles. The Morgan fingerprint density at radius 1 is 1.19 bits per heavy atom. The molecule has 0 aliphatic heterocycles. The molecule has 6 nitrogen and oxygen atoms in total. The van der Waals surface area contributed by atoms with E-state index in [0.717, 1.165) is 0 Å². The highest BCUT2D eigenvalue weighted by molar-refractivity contribution is 5.94. The van der Waals surface area contributed by atoms with Gasteiger partial charge in [-0.1, -0.05) is 18.2 Å². The van der Waals surface area contributed by atoms with E-state index in [-0.39, 0.29) is 24.8 Å². The molecule has 1 rings (SSSR count). The first-order chi connectivity index (χ1) is 9.76. The van der Waals surface area contributed by atoms with E-state index in [1.807, 2.05) is 6.07 Å². The highest BCUT2D eigenvalue weighted by Crippen LogP contribution is 2.13. The van der Waals surface area contributed by atoms with Crippen LogP contribution in [-0.2, 0) is 9.59 Å². The van der Waals surface area contributed by atoms with E-state index in [4.69, 9.17) is 5.11 Å². The summed E-state index contributed by atoms with van der Waals surface area (Å²) in [6.45, 7) is 3.07. The van der Waals surface area contributed by atoms with Crippen LogP contribution in [0.5, 0.6) is 0 Å². The molecule has 0 aliphatic rings. The minimum Gasteiger partial charge on any atom is -0.480 e. The molecule has 0 spiro atoms. The molecule has 0 bridgehead atoms. The van der Waals surface area contributed by atoms with Gasteiger partial charge in [-0.3, -0.25) is 9.59 Å². The standard InChI is InChI=1S/C15H20N2O4/c1-15(2,14(20)21)17(3)12(18)9-10-16-13(19)11-7-5-4-6-8-11/h4-8H,9-10H2,1-3H3,(H,16,19)(H,20,21). The Kier molecular flexibility index (Phi) is 5.46. The number of aliphatic carboxylic acids is 1. The van der Waals surface area contributed by atoms with Crippen molar-refractivity contribution in [3.63, 3.8) is 0 Å². The fourth-order valence-corrected chi connectivity index (χ4v) is 1.60. The first-order valence-corrected chi connectivity index (χ1v) is 6.60. The molecule has 114 valence electrons. The lowest BCUT2D eigenvalue weighted by molar-refractivity contribution is -0.155. The van der Waals surface area contributed by atoms with Gasteiger partial charge >= 0.3 is 5.97 Å². The molecule has 0 unspecified atom stereocenters. The molecule has 0 radical (unpaired) electrons. The zero-order valence-electron chi connectivity index (χ0n) is 12.4. The maximum Gasteiger partial charge on any atom is 0.329 e. The Hall–Kier alpha value is -2.37. The van der Waals surface area contributed by atoms with Gasteiger partial charge < -0.3 is 15.3 Å². The smallest absolute Gasteiger partial charge is 0.329 e. The number of carbonyl (C=O) groups excluding carboxylic acids is 2. The monoisotopic (exact) mass is 292 g/mol. The fraction of sp³-hybridized carbons (Fsp3) is 0.400. The van der Waals surface area contributed by atoms with Gasteiger partial charge in [0.25, 0.3) is 5.91 Å². The Bertz CT molecular complexity index is 526. The van der Waals surface area contributed by atoms with Gasteiger partial charge in [-0.2, -0.15) is 0 Å². The van der Waals surface area contributed by atoms with Crippen LogP contribution in [-0.4, -0.2) is 46.9 Å². The van der Waals surface area contributed by atoms with Crippen LogP contribution < -0.4 is 5.32 Å². The molecule has 0 aromatic heterocycles. The van der Waals surface area contributed by atoms with E-state index >= 15 is 0 Å². The van der Waals surface area contributed by atoms with Gasteiger partial charge in [0.05, 0.1) is 0 Å². The quantitative estimate of drug-likeness (QED) is 0.823. The molecule has 0 saturated heterocycles. The zero-order valence-corrected chi connectivity index (χ0v) is 12.4. The van der Waals surface area contributed by atoms with Crippen LogP contribution in [0.1, 0.15) is 30.6 Å². The molecular formula is C15H20N2O4. The van der Waals surface area contributed by atoms with E-state index in [1.165, 1.54) is 25.8 Å². The summed E-state index contributed by atoms with van der Waals surface area (Å²) in [5, 5.41) is 11.7. The van der Waals surface area contributed by atoms with E-state index in [2.05, 4.69) is 5.32 Å². The second kappa shape index (κ2) is 6.88. The fourth-order valence-electron chi connectivity index (χ4n) is 1.60. The lowest BCUT2D eigenvalue weighted by Crippen LogP contribution is -2.51. The third-order valence-corrected chi connectivity index (χ3v) is 3.40. The Morgan fingerprint density at radius 3 is 2.29 bits per heavy atom. The van der Waals surface area contributed by atoms with Crippen LogP contribution in [0.15, 0.2) is 30.3 Å². The molecule has 21 heavy (non-hydrogen) atoms. The van der Waals surface area contributed by atoms with Crippen molar-refractivity contribution in [2.75, 3.05) is 13.6 Å². The van der Waals surface area contributed by atoms with Crippen molar-refractivity contribution in [3.8, 4) is 0 Å². The summed E-state index contributed by atoms with van der Waals surface area (Å²) in [5.74, 6) is -1.68. The lowest BCUT2D eigenvalue weighted by atomic mass is 10.0. The SMILES string of the molecule is CN(C(=O)CCNC(=O)c1ccccc1)C(C)(C)C(=O)O. The Labute approximate surface area is 123 Å². The molecule has 2 amide bonds. The number of carbonyl (C=O) groups is 3. The normalized spacial score (nSPS) is 10.8. The lowest BCUT2D eigenvalue weighted by Gasteiger charge is -2.31. The van der Waals surface area contributed by atoms with E-state index in [0.29, 0.717) is 5.56 Å². The van der Waals surface area contributed by atoms with Gasteiger partial charge in [0.2, 0.25) is 5.91 Å². The Morgan fingerprint density at radius 2 is 1.76 bits per heavy atom. The number of benzene rings is 1. The minimum atomic E-state index is -1.28. The van der Waals surface area contributed by atoms with E-state index < -0.39 is 11.5 Å². The number of rotatable bonds is 6. The summed E-state index contributed by atoms with van der Waals surface area (Å²) in [4.78, 5) is 35.9. The van der Waals surface area contributed by atoms with Crippen LogP contribution in [0.3, 0.4) is 0 Å². The predicted molar refractivity (Wildman–Crippen MR) is 77.9 cm³/mol. The van der Waals surface area contributed by atoms with Crippen molar-refractivity contribution in [1.82, 2.24) is 10.2 Å². The Balaban J connectivity index is 2.47. The largest absolute Gasteiger partial charge is 0.480 e. The number of hydrogen-bond donors (Lipinski definition) is 2. The highest BCUT2D eigenvalue weighted by Gasteiger charge is 2.34. The molecule has 2 N–H and O–H groups in total. The molecule has 6 heteroatoms. The van der Waals surface area contributed by atoms with E-state index in [9.17, 15) is 14.4 Å². The summed E-state index contributed by atoms with van der Waals surface area (Å²) in [6, 6.07) is 8.67.